The van der Waals surface area contributed by atoms with Gasteiger partial charge in [0.2, 0.25) is 0 Å². The number of aryl methyl sites for hydroxylation is 1. The Labute approximate surface area is 119 Å². The molecule has 106 valence electrons. The van der Waals surface area contributed by atoms with Gasteiger partial charge in [-0.05, 0) is 17.2 Å². The average Bonchev–Trinajstić information content (AvgIpc) is 3.01. The van der Waals surface area contributed by atoms with E-state index < -0.39 is 0 Å². The molecule has 4 nitrogen and oxygen atoms in total. The molecule has 1 aromatic carbocycles. The molecule has 1 aromatic heterocycles. The van der Waals surface area contributed by atoms with E-state index in [1.54, 1.807) is 0 Å². The molecular weight excluding hydrogens is 250 g/mol. The Bertz CT molecular complexity index is 616. The minimum absolute atomic E-state index is 0.469. The SMILES string of the molecule is CC(C)NCc1cn(C)nc1-c1ccc2c(c1)COC2. The van der Waals surface area contributed by atoms with Gasteiger partial charge in [0.1, 0.15) is 0 Å². The van der Waals surface area contributed by atoms with Crippen LogP contribution in [0.2, 0.25) is 0 Å². The van der Waals surface area contributed by atoms with Crippen LogP contribution in [0.5, 0.6) is 0 Å². The first-order valence-electron chi connectivity index (χ1n) is 7.09. The van der Waals surface area contributed by atoms with E-state index in [0.717, 1.165) is 25.5 Å². The number of nitrogens with one attached hydrogen (secondary N) is 1. The van der Waals surface area contributed by atoms with Gasteiger partial charge in [-0.3, -0.25) is 4.68 Å². The molecule has 1 N–H and O–H groups in total. The third-order valence-electron chi connectivity index (χ3n) is 3.60. The third-order valence-corrected chi connectivity index (χ3v) is 3.60. The maximum atomic E-state index is 5.48. The average molecular weight is 271 g/mol. The van der Waals surface area contributed by atoms with Crippen molar-refractivity contribution in [3.05, 3.63) is 41.1 Å². The summed E-state index contributed by atoms with van der Waals surface area (Å²) in [6, 6.07) is 6.99. The lowest BCUT2D eigenvalue weighted by atomic mass is 10.0. The Morgan fingerprint density at radius 3 is 2.90 bits per heavy atom. The van der Waals surface area contributed by atoms with E-state index in [1.165, 1.54) is 22.3 Å². The van der Waals surface area contributed by atoms with Crippen molar-refractivity contribution in [3.8, 4) is 11.3 Å². The van der Waals surface area contributed by atoms with Crippen LogP contribution in [0.4, 0.5) is 0 Å². The minimum atomic E-state index is 0.469. The topological polar surface area (TPSA) is 39.1 Å². The first kappa shape index (κ1) is 13.3. The fraction of sp³-hybridized carbons (Fsp3) is 0.438. The number of nitrogens with zero attached hydrogens (tertiary/aromatic N) is 2. The maximum Gasteiger partial charge on any atom is 0.0968 e. The second-order valence-corrected chi connectivity index (χ2v) is 5.69. The van der Waals surface area contributed by atoms with Crippen molar-refractivity contribution in [2.45, 2.75) is 39.6 Å². The second kappa shape index (κ2) is 5.38. The van der Waals surface area contributed by atoms with E-state index in [-0.39, 0.29) is 0 Å². The van der Waals surface area contributed by atoms with Gasteiger partial charge in [0.05, 0.1) is 18.9 Å². The molecule has 0 atom stereocenters. The van der Waals surface area contributed by atoms with E-state index >= 15 is 0 Å². The molecule has 1 aliphatic heterocycles. The van der Waals surface area contributed by atoms with Gasteiger partial charge in [0.15, 0.2) is 0 Å². The predicted molar refractivity (Wildman–Crippen MR) is 79.1 cm³/mol. The molecule has 0 saturated carbocycles. The summed E-state index contributed by atoms with van der Waals surface area (Å²) in [6.45, 7) is 6.61. The van der Waals surface area contributed by atoms with Gasteiger partial charge in [-0.2, -0.15) is 5.10 Å². The van der Waals surface area contributed by atoms with E-state index in [4.69, 9.17) is 4.74 Å². The lowest BCUT2D eigenvalue weighted by Gasteiger charge is -2.08. The summed E-state index contributed by atoms with van der Waals surface area (Å²) < 4.78 is 7.37. The molecule has 0 spiro atoms. The number of aromatic nitrogens is 2. The van der Waals surface area contributed by atoms with Crippen molar-refractivity contribution >= 4 is 0 Å². The van der Waals surface area contributed by atoms with Crippen LogP contribution in [0.1, 0.15) is 30.5 Å². The first-order valence-corrected chi connectivity index (χ1v) is 7.09. The fourth-order valence-electron chi connectivity index (χ4n) is 2.54. The Hall–Kier alpha value is -1.65. The summed E-state index contributed by atoms with van der Waals surface area (Å²) in [5.41, 5.74) is 6.06. The molecule has 0 radical (unpaired) electrons. The van der Waals surface area contributed by atoms with E-state index in [1.807, 2.05) is 11.7 Å². The molecule has 2 heterocycles. The smallest absolute Gasteiger partial charge is 0.0968 e. The number of hydrogen-bond acceptors (Lipinski definition) is 3. The van der Waals surface area contributed by atoms with E-state index in [0.29, 0.717) is 6.04 Å². The van der Waals surface area contributed by atoms with Gasteiger partial charge in [0, 0.05) is 37.0 Å². The summed E-state index contributed by atoms with van der Waals surface area (Å²) in [4.78, 5) is 0. The molecule has 0 bridgehead atoms. The molecule has 0 fully saturated rings. The summed E-state index contributed by atoms with van der Waals surface area (Å²) in [5.74, 6) is 0. The molecule has 3 rings (SSSR count). The van der Waals surface area contributed by atoms with Crippen LogP contribution >= 0.6 is 0 Å². The third kappa shape index (κ3) is 2.62. The zero-order valence-corrected chi connectivity index (χ0v) is 12.3. The molecular formula is C16H21N3O. The van der Waals surface area contributed by atoms with Gasteiger partial charge >= 0.3 is 0 Å². The van der Waals surface area contributed by atoms with Crippen molar-refractivity contribution in [3.63, 3.8) is 0 Å². The summed E-state index contributed by atoms with van der Waals surface area (Å²) in [7, 11) is 1.97. The number of ether oxygens (including phenoxy) is 1. The van der Waals surface area contributed by atoms with Gasteiger partial charge in [-0.15, -0.1) is 0 Å². The van der Waals surface area contributed by atoms with Gasteiger partial charge in [-0.1, -0.05) is 26.0 Å². The number of rotatable bonds is 4. The monoisotopic (exact) mass is 271 g/mol. The largest absolute Gasteiger partial charge is 0.372 e. The Balaban J connectivity index is 1.93. The van der Waals surface area contributed by atoms with Gasteiger partial charge in [0.25, 0.3) is 0 Å². The molecule has 1 aliphatic rings. The molecule has 0 aliphatic carbocycles. The second-order valence-electron chi connectivity index (χ2n) is 5.69. The maximum absolute atomic E-state index is 5.48. The number of benzene rings is 1. The van der Waals surface area contributed by atoms with Crippen molar-refractivity contribution in [1.82, 2.24) is 15.1 Å². The quantitative estimate of drug-likeness (QED) is 0.929. The predicted octanol–water partition coefficient (Wildman–Crippen LogP) is 2.62. The van der Waals surface area contributed by atoms with Crippen molar-refractivity contribution in [2.75, 3.05) is 0 Å². The summed E-state index contributed by atoms with van der Waals surface area (Å²) in [5, 5.41) is 8.08. The van der Waals surface area contributed by atoms with Crippen LogP contribution in [-0.2, 0) is 31.5 Å². The van der Waals surface area contributed by atoms with Crippen LogP contribution < -0.4 is 5.32 Å². The molecule has 2 aromatic rings. The number of fused-ring (bicyclic) bond motifs is 1. The fourth-order valence-corrected chi connectivity index (χ4v) is 2.54. The first-order chi connectivity index (χ1) is 9.63. The molecule has 0 amide bonds. The van der Waals surface area contributed by atoms with Crippen LogP contribution in [0.25, 0.3) is 11.3 Å². The summed E-state index contributed by atoms with van der Waals surface area (Å²) >= 11 is 0. The highest BCUT2D eigenvalue weighted by molar-refractivity contribution is 5.64. The molecule has 4 heteroatoms. The molecule has 20 heavy (non-hydrogen) atoms. The van der Waals surface area contributed by atoms with Gasteiger partial charge < -0.3 is 10.1 Å². The lowest BCUT2D eigenvalue weighted by Crippen LogP contribution is -2.21. The number of hydrogen-bond donors (Lipinski definition) is 1. The standard InChI is InChI=1S/C16H21N3O/c1-11(2)17-7-15-8-19(3)18-16(15)12-4-5-13-9-20-10-14(13)6-12/h4-6,8,11,17H,7,9-10H2,1-3H3. The summed E-state index contributed by atoms with van der Waals surface area (Å²) in [6.07, 6.45) is 2.09. The molecule has 0 unspecified atom stereocenters. The Kier molecular flexibility index (Phi) is 3.59. The zero-order valence-electron chi connectivity index (χ0n) is 12.3. The van der Waals surface area contributed by atoms with Crippen LogP contribution in [0, 0.1) is 0 Å². The van der Waals surface area contributed by atoms with Crippen LogP contribution in [-0.4, -0.2) is 15.8 Å². The normalized spacial score (nSPS) is 14.0. The van der Waals surface area contributed by atoms with Gasteiger partial charge in [-0.25, -0.2) is 0 Å². The van der Waals surface area contributed by atoms with Crippen molar-refractivity contribution < 1.29 is 4.74 Å². The Morgan fingerprint density at radius 1 is 1.30 bits per heavy atom. The highest BCUT2D eigenvalue weighted by Crippen LogP contribution is 2.28. The molecule has 0 saturated heterocycles. The van der Waals surface area contributed by atoms with E-state index in [9.17, 15) is 0 Å². The minimum Gasteiger partial charge on any atom is -0.372 e. The van der Waals surface area contributed by atoms with Crippen molar-refractivity contribution in [1.29, 1.82) is 0 Å². The lowest BCUT2D eigenvalue weighted by molar-refractivity contribution is 0.134. The van der Waals surface area contributed by atoms with Crippen molar-refractivity contribution in [2.24, 2.45) is 7.05 Å². The Morgan fingerprint density at radius 2 is 2.10 bits per heavy atom. The van der Waals surface area contributed by atoms with Crippen LogP contribution in [0.3, 0.4) is 0 Å². The van der Waals surface area contributed by atoms with Crippen LogP contribution in [0.15, 0.2) is 24.4 Å². The highest BCUT2D eigenvalue weighted by Gasteiger charge is 2.15. The zero-order chi connectivity index (χ0) is 14.1. The highest BCUT2D eigenvalue weighted by atomic mass is 16.5. The van der Waals surface area contributed by atoms with E-state index in [2.05, 4.69) is 48.7 Å².